The molecule has 0 bridgehead atoms. The molecule has 1 amide bonds. The van der Waals surface area contributed by atoms with Crippen LogP contribution in [0, 0.1) is 0 Å². The molecular weight excluding hydrogens is 379 g/mol. The van der Waals surface area contributed by atoms with Gasteiger partial charge in [-0.15, -0.1) is 10.2 Å². The molecule has 0 unspecified atom stereocenters. The number of morpholine rings is 1. The van der Waals surface area contributed by atoms with Gasteiger partial charge in [-0.2, -0.15) is 4.80 Å². The lowest BCUT2D eigenvalue weighted by Gasteiger charge is -2.33. The largest absolute Gasteiger partial charge is 0.374 e. The molecule has 1 aliphatic rings. The molecule has 2 aromatic rings. The van der Waals surface area contributed by atoms with Crippen LogP contribution in [0.1, 0.15) is 11.4 Å². The van der Waals surface area contributed by atoms with Crippen LogP contribution in [0.5, 0.6) is 0 Å². The number of rotatable bonds is 6. The molecule has 2 heterocycles. The molecule has 10 heteroatoms. The highest BCUT2D eigenvalue weighted by Gasteiger charge is 2.21. The number of carbonyl (C=O) groups excluding carboxylic acids is 1. The summed E-state index contributed by atoms with van der Waals surface area (Å²) in [6, 6.07) is 5.65. The first-order chi connectivity index (χ1) is 12.5. The van der Waals surface area contributed by atoms with E-state index in [2.05, 4.69) is 25.6 Å². The van der Waals surface area contributed by atoms with Gasteiger partial charge in [0.2, 0.25) is 5.91 Å². The lowest BCUT2D eigenvalue weighted by atomic mass is 10.2. The molecule has 0 saturated carbocycles. The maximum absolute atomic E-state index is 12.0. The standard InChI is InChI=1S/C16H20Cl2N6O2/c1-23-21-15(20-22-23)7-16(25)19-8-12-10-24(4-5-26-12)9-11-2-3-13(17)14(18)6-11/h2-3,6,12H,4-5,7-10H2,1H3,(H,19,25)/t12-/m0/s1. The molecule has 140 valence electrons. The van der Waals surface area contributed by atoms with Gasteiger partial charge in [-0.05, 0) is 22.9 Å². The van der Waals surface area contributed by atoms with Crippen molar-refractivity contribution in [1.82, 2.24) is 30.4 Å². The van der Waals surface area contributed by atoms with E-state index in [1.54, 1.807) is 13.1 Å². The van der Waals surface area contributed by atoms with Crippen molar-refractivity contribution in [3.63, 3.8) is 0 Å². The topological polar surface area (TPSA) is 85.2 Å². The molecule has 1 aromatic heterocycles. The Morgan fingerprint density at radius 2 is 2.23 bits per heavy atom. The van der Waals surface area contributed by atoms with Crippen LogP contribution < -0.4 is 5.32 Å². The zero-order valence-electron chi connectivity index (χ0n) is 14.4. The Kier molecular flexibility index (Phi) is 6.42. The molecule has 0 spiro atoms. The van der Waals surface area contributed by atoms with Crippen molar-refractivity contribution in [2.45, 2.75) is 19.1 Å². The van der Waals surface area contributed by atoms with Crippen molar-refractivity contribution in [2.75, 3.05) is 26.2 Å². The highest BCUT2D eigenvalue weighted by atomic mass is 35.5. The van der Waals surface area contributed by atoms with E-state index in [0.29, 0.717) is 29.0 Å². The molecular formula is C16H20Cl2N6O2. The van der Waals surface area contributed by atoms with E-state index < -0.39 is 0 Å². The maximum Gasteiger partial charge on any atom is 0.227 e. The van der Waals surface area contributed by atoms with Gasteiger partial charge < -0.3 is 10.1 Å². The third kappa shape index (κ3) is 5.38. The number of hydrogen-bond donors (Lipinski definition) is 1. The number of hydrogen-bond acceptors (Lipinski definition) is 6. The minimum absolute atomic E-state index is 0.0645. The van der Waals surface area contributed by atoms with Crippen LogP contribution in [0.4, 0.5) is 0 Å². The van der Waals surface area contributed by atoms with E-state index in [9.17, 15) is 4.79 Å². The molecule has 1 atom stereocenters. The first-order valence-corrected chi connectivity index (χ1v) is 9.02. The Hall–Kier alpha value is -1.74. The summed E-state index contributed by atoms with van der Waals surface area (Å²) in [6.07, 6.45) is 0.0402. The number of tetrazole rings is 1. The molecule has 1 aromatic carbocycles. The van der Waals surface area contributed by atoms with Gasteiger partial charge in [0.05, 0.1) is 36.2 Å². The normalized spacial score (nSPS) is 18.0. The van der Waals surface area contributed by atoms with Crippen LogP contribution in [-0.4, -0.2) is 63.4 Å². The number of nitrogens with zero attached hydrogens (tertiary/aromatic N) is 5. The Balaban J connectivity index is 1.45. The van der Waals surface area contributed by atoms with Crippen molar-refractivity contribution in [3.05, 3.63) is 39.6 Å². The van der Waals surface area contributed by atoms with E-state index in [4.69, 9.17) is 27.9 Å². The minimum Gasteiger partial charge on any atom is -0.374 e. The summed E-state index contributed by atoms with van der Waals surface area (Å²) in [5, 5.41) is 15.5. The fraction of sp³-hybridized carbons (Fsp3) is 0.500. The number of benzene rings is 1. The lowest BCUT2D eigenvalue weighted by Crippen LogP contribution is -2.47. The van der Waals surface area contributed by atoms with Crippen molar-refractivity contribution >= 4 is 29.1 Å². The van der Waals surface area contributed by atoms with Crippen molar-refractivity contribution in [2.24, 2.45) is 7.05 Å². The van der Waals surface area contributed by atoms with Crippen molar-refractivity contribution in [1.29, 1.82) is 0 Å². The molecule has 26 heavy (non-hydrogen) atoms. The van der Waals surface area contributed by atoms with Crippen LogP contribution in [0.3, 0.4) is 0 Å². The second-order valence-corrected chi connectivity index (χ2v) is 6.97. The van der Waals surface area contributed by atoms with Gasteiger partial charge >= 0.3 is 0 Å². The smallest absolute Gasteiger partial charge is 0.227 e. The predicted octanol–water partition coefficient (Wildman–Crippen LogP) is 1.08. The number of nitrogens with one attached hydrogen (secondary N) is 1. The molecule has 1 saturated heterocycles. The molecule has 1 fully saturated rings. The Morgan fingerprint density at radius 3 is 2.96 bits per heavy atom. The Bertz CT molecular complexity index is 769. The Morgan fingerprint density at radius 1 is 1.38 bits per heavy atom. The molecule has 8 nitrogen and oxygen atoms in total. The first kappa shape index (κ1) is 19.0. The molecule has 0 radical (unpaired) electrons. The van der Waals surface area contributed by atoms with Crippen LogP contribution in [0.15, 0.2) is 18.2 Å². The fourth-order valence-corrected chi connectivity index (χ4v) is 3.09. The predicted molar refractivity (Wildman–Crippen MR) is 97.0 cm³/mol. The summed E-state index contributed by atoms with van der Waals surface area (Å²) in [4.78, 5) is 15.6. The van der Waals surface area contributed by atoms with Crippen molar-refractivity contribution < 1.29 is 9.53 Å². The van der Waals surface area contributed by atoms with Gasteiger partial charge in [0, 0.05) is 26.2 Å². The van der Waals surface area contributed by atoms with E-state index in [-0.39, 0.29) is 18.4 Å². The zero-order valence-corrected chi connectivity index (χ0v) is 15.9. The summed E-state index contributed by atoms with van der Waals surface area (Å²) in [7, 11) is 1.66. The second-order valence-electron chi connectivity index (χ2n) is 6.15. The third-order valence-corrected chi connectivity index (χ3v) is 4.75. The van der Waals surface area contributed by atoms with Gasteiger partial charge in [-0.25, -0.2) is 0 Å². The maximum atomic E-state index is 12.0. The van der Waals surface area contributed by atoms with Crippen LogP contribution in [0.2, 0.25) is 10.0 Å². The van der Waals surface area contributed by atoms with E-state index in [0.717, 1.165) is 25.2 Å². The number of ether oxygens (including phenoxy) is 1. The van der Waals surface area contributed by atoms with Gasteiger partial charge in [-0.3, -0.25) is 9.69 Å². The number of carbonyl (C=O) groups is 1. The van der Waals surface area contributed by atoms with Gasteiger partial charge in [0.25, 0.3) is 0 Å². The quantitative estimate of drug-likeness (QED) is 0.783. The van der Waals surface area contributed by atoms with E-state index in [1.165, 1.54) is 4.80 Å². The average molecular weight is 399 g/mol. The molecule has 1 aliphatic heterocycles. The van der Waals surface area contributed by atoms with Crippen LogP contribution in [-0.2, 0) is 29.5 Å². The first-order valence-electron chi connectivity index (χ1n) is 8.27. The average Bonchev–Trinajstić information content (AvgIpc) is 3.01. The summed E-state index contributed by atoms with van der Waals surface area (Å²) in [6.45, 7) is 3.37. The van der Waals surface area contributed by atoms with Crippen LogP contribution >= 0.6 is 23.2 Å². The number of halogens is 2. The lowest BCUT2D eigenvalue weighted by molar-refractivity contribution is -0.121. The van der Waals surface area contributed by atoms with Gasteiger partial charge in [0.1, 0.15) is 0 Å². The van der Waals surface area contributed by atoms with Gasteiger partial charge in [-0.1, -0.05) is 29.3 Å². The summed E-state index contributed by atoms with van der Waals surface area (Å²) in [5.74, 6) is 0.249. The summed E-state index contributed by atoms with van der Waals surface area (Å²) < 4.78 is 5.74. The van der Waals surface area contributed by atoms with Crippen molar-refractivity contribution in [3.8, 4) is 0 Å². The molecule has 3 rings (SSSR count). The number of aromatic nitrogens is 4. The van der Waals surface area contributed by atoms with Gasteiger partial charge in [0.15, 0.2) is 5.82 Å². The van der Waals surface area contributed by atoms with Crippen LogP contribution in [0.25, 0.3) is 0 Å². The second kappa shape index (κ2) is 8.77. The highest BCUT2D eigenvalue weighted by Crippen LogP contribution is 2.23. The Labute approximate surface area is 161 Å². The van der Waals surface area contributed by atoms with E-state index in [1.807, 2.05) is 12.1 Å². The summed E-state index contributed by atoms with van der Waals surface area (Å²) >= 11 is 12.0. The number of aryl methyl sites for hydroxylation is 1. The number of amides is 1. The zero-order chi connectivity index (χ0) is 18.5. The summed E-state index contributed by atoms with van der Waals surface area (Å²) in [5.41, 5.74) is 1.10. The fourth-order valence-electron chi connectivity index (χ4n) is 2.77. The molecule has 1 N–H and O–H groups in total. The monoisotopic (exact) mass is 398 g/mol. The third-order valence-electron chi connectivity index (χ3n) is 4.01. The highest BCUT2D eigenvalue weighted by molar-refractivity contribution is 6.42. The molecule has 0 aliphatic carbocycles. The minimum atomic E-state index is -0.150. The SMILES string of the molecule is Cn1nnc(CC(=O)NC[C@H]2CN(Cc3ccc(Cl)c(Cl)c3)CCO2)n1. The van der Waals surface area contributed by atoms with E-state index >= 15 is 0 Å².